The van der Waals surface area contributed by atoms with Gasteiger partial charge >= 0.3 is 0 Å². The summed E-state index contributed by atoms with van der Waals surface area (Å²) in [5.74, 6) is 0.759. The van der Waals surface area contributed by atoms with Crippen LogP contribution in [-0.4, -0.2) is 73.1 Å². The van der Waals surface area contributed by atoms with E-state index in [1.165, 1.54) is 6.21 Å². The molecule has 2 aliphatic heterocycles. The maximum absolute atomic E-state index is 13.4. The van der Waals surface area contributed by atoms with Gasteiger partial charge in [-0.25, -0.2) is 4.98 Å². The molecule has 0 bridgehead atoms. The molecular weight excluding hydrogens is 506 g/mol. The molecule has 0 aliphatic carbocycles. The fourth-order valence-electron chi connectivity index (χ4n) is 5.25. The van der Waals surface area contributed by atoms with Crippen molar-refractivity contribution < 1.29 is 14.4 Å². The number of carbonyl (C=O) groups is 3. The Kier molecular flexibility index (Phi) is 11.4. The minimum atomic E-state index is -0.272. The predicted molar refractivity (Wildman–Crippen MR) is 159 cm³/mol. The molecule has 218 valence electrons. The SMILES string of the molecule is C/C(=C/C(C)=C(\C)CNC(=O)c1cc(C2CCN(C(=O)C3CCNCC3)CC2)nc(NC(C)C)c1C=N)NC=O. The quantitative estimate of drug-likeness (QED) is 0.162. The third kappa shape index (κ3) is 8.24. The van der Waals surface area contributed by atoms with Gasteiger partial charge in [0.1, 0.15) is 5.82 Å². The number of hydrogen-bond donors (Lipinski definition) is 5. The van der Waals surface area contributed by atoms with Crippen molar-refractivity contribution in [2.75, 3.05) is 38.0 Å². The second-order valence-corrected chi connectivity index (χ2v) is 11.2. The highest BCUT2D eigenvalue weighted by Crippen LogP contribution is 2.31. The molecule has 1 aromatic heterocycles. The molecule has 0 aromatic carbocycles. The van der Waals surface area contributed by atoms with Crippen molar-refractivity contribution in [3.05, 3.63) is 45.8 Å². The summed E-state index contributed by atoms with van der Waals surface area (Å²) in [6, 6.07) is 1.89. The Labute approximate surface area is 238 Å². The van der Waals surface area contributed by atoms with Gasteiger partial charge in [-0.1, -0.05) is 5.57 Å². The number of carbonyl (C=O) groups excluding carboxylic acids is 3. The number of allylic oxidation sites excluding steroid dienone is 3. The maximum atomic E-state index is 13.4. The minimum Gasteiger partial charge on any atom is -0.367 e. The van der Waals surface area contributed by atoms with Crippen molar-refractivity contribution in [1.82, 2.24) is 25.8 Å². The number of aromatic nitrogens is 1. The molecule has 2 saturated heterocycles. The van der Waals surface area contributed by atoms with E-state index >= 15 is 0 Å². The molecule has 40 heavy (non-hydrogen) atoms. The summed E-state index contributed by atoms with van der Waals surface area (Å²) in [6.07, 6.45) is 7.05. The fourth-order valence-corrected chi connectivity index (χ4v) is 5.25. The molecule has 2 fully saturated rings. The summed E-state index contributed by atoms with van der Waals surface area (Å²) in [4.78, 5) is 44.0. The monoisotopic (exact) mass is 551 g/mol. The first kappa shape index (κ1) is 31.0. The zero-order valence-corrected chi connectivity index (χ0v) is 24.5. The molecule has 0 spiro atoms. The molecular formula is C30H45N7O3. The van der Waals surface area contributed by atoms with Crippen LogP contribution in [0.2, 0.25) is 0 Å². The molecule has 3 heterocycles. The first-order valence-corrected chi connectivity index (χ1v) is 14.3. The van der Waals surface area contributed by atoms with Gasteiger partial charge < -0.3 is 31.6 Å². The molecule has 10 nitrogen and oxygen atoms in total. The van der Waals surface area contributed by atoms with Gasteiger partial charge in [-0.3, -0.25) is 14.4 Å². The second-order valence-electron chi connectivity index (χ2n) is 11.2. The van der Waals surface area contributed by atoms with Crippen molar-refractivity contribution in [3.63, 3.8) is 0 Å². The van der Waals surface area contributed by atoms with Crippen LogP contribution in [0.25, 0.3) is 0 Å². The Bertz CT molecular complexity index is 1140. The molecule has 10 heteroatoms. The average molecular weight is 552 g/mol. The van der Waals surface area contributed by atoms with Crippen LogP contribution in [0.5, 0.6) is 0 Å². The number of amides is 3. The lowest BCUT2D eigenvalue weighted by atomic mass is 9.89. The Hall–Kier alpha value is -3.53. The zero-order chi connectivity index (χ0) is 29.2. The Morgan fingerprint density at radius 2 is 1.82 bits per heavy atom. The zero-order valence-electron chi connectivity index (χ0n) is 24.5. The summed E-state index contributed by atoms with van der Waals surface area (Å²) in [6.45, 7) is 13.2. The maximum Gasteiger partial charge on any atom is 0.252 e. The van der Waals surface area contributed by atoms with Crippen LogP contribution in [0.15, 0.2) is 29.0 Å². The predicted octanol–water partition coefficient (Wildman–Crippen LogP) is 3.32. The topological polar surface area (TPSA) is 139 Å². The van der Waals surface area contributed by atoms with Gasteiger partial charge in [0.2, 0.25) is 12.3 Å². The molecule has 5 N–H and O–H groups in total. The molecule has 2 aliphatic rings. The highest BCUT2D eigenvalue weighted by atomic mass is 16.2. The van der Waals surface area contributed by atoms with E-state index in [0.29, 0.717) is 43.0 Å². The molecule has 1 aromatic rings. The first-order valence-electron chi connectivity index (χ1n) is 14.3. The van der Waals surface area contributed by atoms with Crippen LogP contribution >= 0.6 is 0 Å². The smallest absolute Gasteiger partial charge is 0.252 e. The van der Waals surface area contributed by atoms with E-state index in [2.05, 4.69) is 21.3 Å². The molecule has 0 radical (unpaired) electrons. The number of pyridine rings is 1. The summed E-state index contributed by atoms with van der Waals surface area (Å²) in [5, 5.41) is 20.3. The third-order valence-corrected chi connectivity index (χ3v) is 7.71. The van der Waals surface area contributed by atoms with Crippen LogP contribution in [0.1, 0.15) is 87.8 Å². The van der Waals surface area contributed by atoms with E-state index in [1.807, 2.05) is 44.7 Å². The lowest BCUT2D eigenvalue weighted by Crippen LogP contribution is -2.44. The number of nitrogens with one attached hydrogen (secondary N) is 5. The van der Waals surface area contributed by atoms with Crippen LogP contribution in [0, 0.1) is 11.3 Å². The van der Waals surface area contributed by atoms with Crippen LogP contribution in [0.3, 0.4) is 0 Å². The van der Waals surface area contributed by atoms with Crippen LogP contribution < -0.4 is 21.3 Å². The Morgan fingerprint density at radius 1 is 1.15 bits per heavy atom. The second kappa shape index (κ2) is 14.7. The van der Waals surface area contributed by atoms with E-state index in [-0.39, 0.29) is 29.7 Å². The Balaban J connectivity index is 1.79. The normalized spacial score (nSPS) is 17.8. The molecule has 0 atom stereocenters. The van der Waals surface area contributed by atoms with Gasteiger partial charge in [0, 0.05) is 60.7 Å². The molecule has 0 saturated carbocycles. The Morgan fingerprint density at radius 3 is 2.42 bits per heavy atom. The van der Waals surface area contributed by atoms with Crippen molar-refractivity contribution in [2.24, 2.45) is 5.92 Å². The van der Waals surface area contributed by atoms with Gasteiger partial charge in [0.05, 0.1) is 5.56 Å². The van der Waals surface area contributed by atoms with Gasteiger partial charge in [-0.05, 0) is 91.1 Å². The van der Waals surface area contributed by atoms with E-state index in [9.17, 15) is 14.4 Å². The number of likely N-dealkylation sites (tertiary alicyclic amines) is 1. The van der Waals surface area contributed by atoms with Gasteiger partial charge in [-0.15, -0.1) is 0 Å². The minimum absolute atomic E-state index is 0.0737. The van der Waals surface area contributed by atoms with Gasteiger partial charge in [0.25, 0.3) is 5.91 Å². The molecule has 3 rings (SSSR count). The van der Waals surface area contributed by atoms with E-state index in [4.69, 9.17) is 10.4 Å². The number of nitrogens with zero attached hydrogens (tertiary/aromatic N) is 2. The third-order valence-electron chi connectivity index (χ3n) is 7.71. The molecule has 0 unspecified atom stereocenters. The van der Waals surface area contributed by atoms with Crippen LogP contribution in [0.4, 0.5) is 5.82 Å². The van der Waals surface area contributed by atoms with E-state index in [1.54, 1.807) is 6.92 Å². The van der Waals surface area contributed by atoms with Crippen molar-refractivity contribution in [2.45, 2.75) is 72.3 Å². The standard InChI is InChI=1S/C30H45N7O3/c1-19(2)35-28-26(16-31)25(29(39)33-17-21(4)20(3)14-22(5)34-18-38)15-27(36-28)23-8-12-37(13-9-23)30(40)24-6-10-32-11-7-24/h14-16,18-19,23-24,31-32H,6-13,17H2,1-5H3,(H,33,39)(H,34,38)(H,35,36)/b21-20+,22-14-,31-16?. The highest BCUT2D eigenvalue weighted by Gasteiger charge is 2.31. The number of piperidine rings is 2. The lowest BCUT2D eigenvalue weighted by Gasteiger charge is -2.35. The molecule has 3 amide bonds. The highest BCUT2D eigenvalue weighted by molar-refractivity contribution is 6.04. The van der Waals surface area contributed by atoms with Gasteiger partial charge in [0.15, 0.2) is 0 Å². The first-order chi connectivity index (χ1) is 19.1. The van der Waals surface area contributed by atoms with Crippen molar-refractivity contribution in [3.8, 4) is 0 Å². The van der Waals surface area contributed by atoms with Crippen LogP contribution in [-0.2, 0) is 9.59 Å². The average Bonchev–Trinajstić information content (AvgIpc) is 2.95. The van der Waals surface area contributed by atoms with E-state index in [0.717, 1.165) is 61.3 Å². The fraction of sp³-hybridized carbons (Fsp3) is 0.567. The van der Waals surface area contributed by atoms with E-state index < -0.39 is 0 Å². The number of rotatable bonds is 11. The van der Waals surface area contributed by atoms with Crippen molar-refractivity contribution >= 4 is 30.3 Å². The summed E-state index contributed by atoms with van der Waals surface area (Å²) in [7, 11) is 0. The summed E-state index contributed by atoms with van der Waals surface area (Å²) in [5.41, 5.74) is 4.31. The van der Waals surface area contributed by atoms with Crippen molar-refractivity contribution in [1.29, 1.82) is 5.41 Å². The number of hydrogen-bond acceptors (Lipinski definition) is 7. The largest absolute Gasteiger partial charge is 0.367 e. The van der Waals surface area contributed by atoms with Gasteiger partial charge in [-0.2, -0.15) is 0 Å². The summed E-state index contributed by atoms with van der Waals surface area (Å²) >= 11 is 0. The number of anilines is 1. The lowest BCUT2D eigenvalue weighted by molar-refractivity contribution is -0.137. The summed E-state index contributed by atoms with van der Waals surface area (Å²) < 4.78 is 0.